The number of halogens is 4. The Bertz CT molecular complexity index is 434. The van der Waals surface area contributed by atoms with E-state index in [9.17, 15) is 17.6 Å². The van der Waals surface area contributed by atoms with Crippen LogP contribution in [0.1, 0.15) is 36.8 Å². The van der Waals surface area contributed by atoms with Gasteiger partial charge in [0.05, 0.1) is 5.56 Å². The minimum Gasteiger partial charge on any atom is -0.304 e. The van der Waals surface area contributed by atoms with E-state index >= 15 is 0 Å². The van der Waals surface area contributed by atoms with Gasteiger partial charge in [-0.25, -0.2) is 4.39 Å². The molecule has 1 aliphatic rings. The first-order chi connectivity index (χ1) is 8.93. The maximum absolute atomic E-state index is 13.5. The number of alkyl halides is 3. The van der Waals surface area contributed by atoms with Crippen molar-refractivity contribution in [3.05, 3.63) is 35.1 Å². The van der Waals surface area contributed by atoms with Crippen molar-refractivity contribution >= 4 is 0 Å². The highest BCUT2D eigenvalue weighted by Crippen LogP contribution is 2.40. The molecule has 0 aromatic heterocycles. The highest BCUT2D eigenvalue weighted by atomic mass is 19.4. The molecule has 1 aromatic rings. The lowest BCUT2D eigenvalue weighted by molar-refractivity contribution is -0.140. The summed E-state index contributed by atoms with van der Waals surface area (Å²) in [7, 11) is 0. The average Bonchev–Trinajstić information content (AvgIpc) is 2.37. The second kappa shape index (κ2) is 5.49. The van der Waals surface area contributed by atoms with Gasteiger partial charge >= 0.3 is 6.18 Å². The van der Waals surface area contributed by atoms with E-state index in [4.69, 9.17) is 0 Å². The number of likely N-dealkylation sites (tertiary alicyclic amines) is 1. The normalized spacial score (nSPS) is 18.8. The fourth-order valence-electron chi connectivity index (χ4n) is 2.74. The van der Waals surface area contributed by atoms with Gasteiger partial charge in [0.1, 0.15) is 5.82 Å². The van der Waals surface area contributed by atoms with Gasteiger partial charge in [-0.05, 0) is 50.0 Å². The lowest BCUT2D eigenvalue weighted by atomic mass is 9.86. The van der Waals surface area contributed by atoms with Crippen LogP contribution in [0, 0.1) is 5.82 Å². The third kappa shape index (κ3) is 3.08. The number of piperidine rings is 1. The first-order valence-corrected chi connectivity index (χ1v) is 6.51. The summed E-state index contributed by atoms with van der Waals surface area (Å²) in [6.45, 7) is 4.48. The summed E-state index contributed by atoms with van der Waals surface area (Å²) in [5.41, 5.74) is -0.965. The van der Waals surface area contributed by atoms with Crippen LogP contribution in [0.4, 0.5) is 17.6 Å². The van der Waals surface area contributed by atoms with E-state index in [1.165, 1.54) is 12.1 Å². The summed E-state index contributed by atoms with van der Waals surface area (Å²) >= 11 is 0. The molecule has 19 heavy (non-hydrogen) atoms. The van der Waals surface area contributed by atoms with Crippen LogP contribution in [0.2, 0.25) is 0 Å². The maximum atomic E-state index is 13.5. The topological polar surface area (TPSA) is 3.24 Å². The zero-order valence-corrected chi connectivity index (χ0v) is 10.8. The van der Waals surface area contributed by atoms with Crippen molar-refractivity contribution in [2.24, 2.45) is 0 Å². The van der Waals surface area contributed by atoms with Gasteiger partial charge in [-0.1, -0.05) is 19.1 Å². The van der Waals surface area contributed by atoms with Gasteiger partial charge in [-0.3, -0.25) is 0 Å². The molecule has 1 aliphatic heterocycles. The van der Waals surface area contributed by atoms with E-state index in [0.29, 0.717) is 12.8 Å². The zero-order chi connectivity index (χ0) is 14.0. The molecule has 1 heterocycles. The van der Waals surface area contributed by atoms with E-state index in [-0.39, 0.29) is 11.5 Å². The quantitative estimate of drug-likeness (QED) is 0.736. The monoisotopic (exact) mass is 275 g/mol. The average molecular weight is 275 g/mol. The molecule has 5 heteroatoms. The van der Waals surface area contributed by atoms with E-state index < -0.39 is 17.6 Å². The largest absolute Gasteiger partial charge is 0.419 e. The van der Waals surface area contributed by atoms with Crippen molar-refractivity contribution in [3.8, 4) is 0 Å². The summed E-state index contributed by atoms with van der Waals surface area (Å²) in [6, 6.07) is 3.66. The van der Waals surface area contributed by atoms with Gasteiger partial charge in [0.2, 0.25) is 0 Å². The Morgan fingerprint density at radius 2 is 1.84 bits per heavy atom. The molecule has 2 rings (SSSR count). The minimum absolute atomic E-state index is 0.114. The molecule has 0 spiro atoms. The predicted octanol–water partition coefficient (Wildman–Crippen LogP) is 4.04. The second-order valence-corrected chi connectivity index (χ2v) is 4.91. The molecule has 0 radical (unpaired) electrons. The fraction of sp³-hybridized carbons (Fsp3) is 0.571. The molecule has 0 saturated carbocycles. The van der Waals surface area contributed by atoms with Crippen molar-refractivity contribution in [1.82, 2.24) is 4.90 Å². The molecule has 0 unspecified atom stereocenters. The van der Waals surface area contributed by atoms with Crippen LogP contribution >= 0.6 is 0 Å². The van der Waals surface area contributed by atoms with E-state index in [1.54, 1.807) is 0 Å². The fourth-order valence-corrected chi connectivity index (χ4v) is 2.74. The Kier molecular flexibility index (Phi) is 4.13. The summed E-state index contributed by atoms with van der Waals surface area (Å²) < 4.78 is 52.4. The van der Waals surface area contributed by atoms with Crippen molar-refractivity contribution in [2.75, 3.05) is 19.6 Å². The molecular formula is C14H17F4N. The predicted molar refractivity (Wildman–Crippen MR) is 65.5 cm³/mol. The van der Waals surface area contributed by atoms with Crippen LogP contribution in [0.15, 0.2) is 18.2 Å². The number of rotatable bonds is 2. The van der Waals surface area contributed by atoms with E-state index in [1.807, 2.05) is 6.92 Å². The lowest BCUT2D eigenvalue weighted by Gasteiger charge is -2.32. The van der Waals surface area contributed by atoms with Crippen molar-refractivity contribution in [1.29, 1.82) is 0 Å². The van der Waals surface area contributed by atoms with E-state index in [2.05, 4.69) is 4.90 Å². The Morgan fingerprint density at radius 1 is 1.21 bits per heavy atom. The van der Waals surface area contributed by atoms with Gasteiger partial charge < -0.3 is 4.90 Å². The molecular weight excluding hydrogens is 258 g/mol. The lowest BCUT2D eigenvalue weighted by Crippen LogP contribution is -2.33. The van der Waals surface area contributed by atoms with Crippen LogP contribution in [0.25, 0.3) is 0 Å². The Balaban J connectivity index is 2.28. The van der Waals surface area contributed by atoms with Crippen LogP contribution in [0.5, 0.6) is 0 Å². The Hall–Kier alpha value is -1.10. The molecule has 0 N–H and O–H groups in total. The van der Waals surface area contributed by atoms with Crippen LogP contribution < -0.4 is 0 Å². The zero-order valence-electron chi connectivity index (χ0n) is 10.8. The van der Waals surface area contributed by atoms with Gasteiger partial charge in [0, 0.05) is 0 Å². The molecule has 0 bridgehead atoms. The molecule has 1 nitrogen and oxygen atoms in total. The smallest absolute Gasteiger partial charge is 0.304 e. The summed E-state index contributed by atoms with van der Waals surface area (Å²) in [5.74, 6) is -1.36. The molecule has 0 aliphatic carbocycles. The van der Waals surface area contributed by atoms with Gasteiger partial charge in [-0.2, -0.15) is 13.2 Å². The summed E-state index contributed by atoms with van der Waals surface area (Å²) in [6.07, 6.45) is -3.32. The molecule has 1 fully saturated rings. The summed E-state index contributed by atoms with van der Waals surface area (Å²) in [5, 5.41) is 0. The molecule has 0 atom stereocenters. The Labute approximate surface area is 110 Å². The number of nitrogens with zero attached hydrogens (tertiary/aromatic N) is 1. The molecule has 1 aromatic carbocycles. The van der Waals surface area contributed by atoms with Gasteiger partial charge in [0.15, 0.2) is 0 Å². The third-order valence-corrected chi connectivity index (χ3v) is 3.80. The van der Waals surface area contributed by atoms with Gasteiger partial charge in [0.25, 0.3) is 0 Å². The maximum Gasteiger partial charge on any atom is 0.419 e. The number of hydrogen-bond donors (Lipinski definition) is 0. The standard InChI is InChI=1S/C14H17F4N/c1-2-19-8-6-10(7-9-19)11-4-3-5-12(15)13(11)14(16,17)18/h3-5,10H,2,6-9H2,1H3. The van der Waals surface area contributed by atoms with E-state index in [0.717, 1.165) is 25.7 Å². The first-order valence-electron chi connectivity index (χ1n) is 6.51. The SMILES string of the molecule is CCN1CCC(c2cccc(F)c2C(F)(F)F)CC1. The Morgan fingerprint density at radius 3 is 2.37 bits per heavy atom. The van der Waals surface area contributed by atoms with Crippen LogP contribution in [0.3, 0.4) is 0 Å². The molecule has 0 amide bonds. The van der Waals surface area contributed by atoms with Crippen LogP contribution in [-0.4, -0.2) is 24.5 Å². The summed E-state index contributed by atoms with van der Waals surface area (Å²) in [4.78, 5) is 2.20. The first kappa shape index (κ1) is 14.3. The molecule has 1 saturated heterocycles. The highest BCUT2D eigenvalue weighted by Gasteiger charge is 2.38. The molecule has 106 valence electrons. The third-order valence-electron chi connectivity index (χ3n) is 3.80. The van der Waals surface area contributed by atoms with Gasteiger partial charge in [-0.15, -0.1) is 0 Å². The van der Waals surface area contributed by atoms with Crippen molar-refractivity contribution in [2.45, 2.75) is 31.9 Å². The number of hydrogen-bond acceptors (Lipinski definition) is 1. The minimum atomic E-state index is -4.62. The van der Waals surface area contributed by atoms with Crippen LogP contribution in [-0.2, 0) is 6.18 Å². The highest BCUT2D eigenvalue weighted by molar-refractivity contribution is 5.34. The number of benzene rings is 1. The second-order valence-electron chi connectivity index (χ2n) is 4.91. The van der Waals surface area contributed by atoms with Crippen molar-refractivity contribution in [3.63, 3.8) is 0 Å². The van der Waals surface area contributed by atoms with Crippen molar-refractivity contribution < 1.29 is 17.6 Å².